The maximum absolute atomic E-state index is 13.2. The zero-order chi connectivity index (χ0) is 22.1. The van der Waals surface area contributed by atoms with Crippen molar-refractivity contribution in [3.05, 3.63) is 77.0 Å². The first-order chi connectivity index (χ1) is 15.6. The van der Waals surface area contributed by atoms with Crippen molar-refractivity contribution in [1.82, 2.24) is 14.5 Å². The summed E-state index contributed by atoms with van der Waals surface area (Å²) in [5.74, 6) is 1.79. The van der Waals surface area contributed by atoms with Crippen molar-refractivity contribution in [3.8, 4) is 22.6 Å². The number of fused-ring (bicyclic) bond motifs is 2. The normalized spacial score (nSPS) is 12.2. The van der Waals surface area contributed by atoms with E-state index in [1.807, 2.05) is 42.5 Å². The fraction of sp³-hybridized carbons (Fsp3) is 0.167. The van der Waals surface area contributed by atoms with Crippen molar-refractivity contribution >= 4 is 22.6 Å². The van der Waals surface area contributed by atoms with Crippen molar-refractivity contribution in [2.24, 2.45) is 0 Å². The maximum Gasteiger partial charge on any atom is 0.261 e. The monoisotopic (exact) mass is 428 g/mol. The molecule has 0 atom stereocenters. The van der Waals surface area contributed by atoms with Crippen LogP contribution in [-0.2, 0) is 11.3 Å². The molecule has 160 valence electrons. The Morgan fingerprint density at radius 3 is 2.69 bits per heavy atom. The first-order valence-electron chi connectivity index (χ1n) is 10.2. The van der Waals surface area contributed by atoms with Gasteiger partial charge in [-0.15, -0.1) is 0 Å². The Balaban J connectivity index is 1.45. The molecule has 8 nitrogen and oxygen atoms in total. The summed E-state index contributed by atoms with van der Waals surface area (Å²) < 4.78 is 12.3. The Kier molecular flexibility index (Phi) is 5.03. The number of hydrogen-bond acceptors (Lipinski definition) is 6. The van der Waals surface area contributed by atoms with E-state index in [2.05, 4.69) is 15.3 Å². The molecular weight excluding hydrogens is 408 g/mol. The summed E-state index contributed by atoms with van der Waals surface area (Å²) in [7, 11) is 0. The molecule has 0 saturated heterocycles. The lowest BCUT2D eigenvalue weighted by atomic mass is 10.1. The van der Waals surface area contributed by atoms with Crippen molar-refractivity contribution in [2.75, 3.05) is 12.1 Å². The average molecular weight is 428 g/mol. The molecule has 5 rings (SSSR count). The van der Waals surface area contributed by atoms with Crippen LogP contribution in [0.3, 0.4) is 0 Å². The van der Waals surface area contributed by atoms with Crippen LogP contribution in [0.4, 0.5) is 5.82 Å². The number of carbonyl (C=O) groups is 1. The SMILES string of the molecule is CCC(=O)Nc1ccc(-c2ccc3ncn(Cc4ccc5c(c4)OCO5)c(=O)c3c2)cn1. The number of ether oxygens (including phenoxy) is 2. The van der Waals surface area contributed by atoms with Crippen LogP contribution in [0.5, 0.6) is 11.5 Å². The lowest BCUT2D eigenvalue weighted by molar-refractivity contribution is -0.115. The topological polar surface area (TPSA) is 95.3 Å². The first kappa shape index (κ1) is 19.7. The van der Waals surface area contributed by atoms with Crippen LogP contribution in [0.1, 0.15) is 18.9 Å². The molecule has 1 N–H and O–H groups in total. The van der Waals surface area contributed by atoms with E-state index in [1.165, 1.54) is 0 Å². The van der Waals surface area contributed by atoms with E-state index < -0.39 is 0 Å². The van der Waals surface area contributed by atoms with Crippen molar-refractivity contribution in [3.63, 3.8) is 0 Å². The number of amides is 1. The van der Waals surface area contributed by atoms with Gasteiger partial charge in [0.05, 0.1) is 23.8 Å². The number of hydrogen-bond donors (Lipinski definition) is 1. The van der Waals surface area contributed by atoms with E-state index in [4.69, 9.17) is 9.47 Å². The van der Waals surface area contributed by atoms with Crippen molar-refractivity contribution in [1.29, 1.82) is 0 Å². The van der Waals surface area contributed by atoms with E-state index >= 15 is 0 Å². The third kappa shape index (κ3) is 3.78. The zero-order valence-electron chi connectivity index (χ0n) is 17.4. The highest BCUT2D eigenvalue weighted by molar-refractivity contribution is 5.89. The molecular formula is C24H20N4O4. The van der Waals surface area contributed by atoms with E-state index in [1.54, 1.807) is 30.1 Å². The van der Waals surface area contributed by atoms with Crippen LogP contribution in [0.2, 0.25) is 0 Å². The van der Waals surface area contributed by atoms with E-state index in [0.29, 0.717) is 41.2 Å². The molecule has 1 amide bonds. The summed E-state index contributed by atoms with van der Waals surface area (Å²) >= 11 is 0. The van der Waals surface area contributed by atoms with Crippen molar-refractivity contribution in [2.45, 2.75) is 19.9 Å². The fourth-order valence-corrected chi connectivity index (χ4v) is 3.56. The number of nitrogens with zero attached hydrogens (tertiary/aromatic N) is 3. The van der Waals surface area contributed by atoms with Gasteiger partial charge in [0.15, 0.2) is 11.5 Å². The van der Waals surface area contributed by atoms with E-state index in [-0.39, 0.29) is 18.3 Å². The van der Waals surface area contributed by atoms with Gasteiger partial charge in [0.1, 0.15) is 5.82 Å². The number of anilines is 1. The summed E-state index contributed by atoms with van der Waals surface area (Å²) in [6, 6.07) is 14.8. The van der Waals surface area contributed by atoms with Gasteiger partial charge < -0.3 is 14.8 Å². The van der Waals surface area contributed by atoms with Crippen molar-refractivity contribution < 1.29 is 14.3 Å². The summed E-state index contributed by atoms with van der Waals surface area (Å²) in [5.41, 5.74) is 3.10. The molecule has 4 aromatic rings. The van der Waals surface area contributed by atoms with Gasteiger partial charge in [-0.05, 0) is 47.5 Å². The molecule has 0 spiro atoms. The van der Waals surface area contributed by atoms with E-state index in [0.717, 1.165) is 16.7 Å². The molecule has 0 bridgehead atoms. The third-order valence-corrected chi connectivity index (χ3v) is 5.30. The molecule has 2 aromatic heterocycles. The number of nitrogens with one attached hydrogen (secondary N) is 1. The summed E-state index contributed by atoms with van der Waals surface area (Å²) in [5, 5.41) is 3.25. The number of benzene rings is 2. The summed E-state index contributed by atoms with van der Waals surface area (Å²) in [6.45, 7) is 2.36. The highest BCUT2D eigenvalue weighted by atomic mass is 16.7. The Hall–Kier alpha value is -4.20. The van der Waals surface area contributed by atoms with E-state index in [9.17, 15) is 9.59 Å². The summed E-state index contributed by atoms with van der Waals surface area (Å²) in [6.07, 6.45) is 3.62. The molecule has 0 fully saturated rings. The highest BCUT2D eigenvalue weighted by Gasteiger charge is 2.14. The molecule has 0 aliphatic carbocycles. The Bertz CT molecular complexity index is 1380. The second-order valence-electron chi connectivity index (χ2n) is 7.43. The fourth-order valence-electron chi connectivity index (χ4n) is 3.56. The highest BCUT2D eigenvalue weighted by Crippen LogP contribution is 2.32. The van der Waals surface area contributed by atoms with Gasteiger partial charge in [-0.2, -0.15) is 0 Å². The molecule has 2 aromatic carbocycles. The molecule has 1 aliphatic rings. The van der Waals surface area contributed by atoms with Gasteiger partial charge in [0.2, 0.25) is 12.7 Å². The largest absolute Gasteiger partial charge is 0.454 e. The molecule has 8 heteroatoms. The molecule has 0 unspecified atom stereocenters. The molecule has 32 heavy (non-hydrogen) atoms. The Morgan fingerprint density at radius 1 is 1.03 bits per heavy atom. The zero-order valence-corrected chi connectivity index (χ0v) is 17.4. The molecule has 0 radical (unpaired) electrons. The van der Waals surface area contributed by atoms with Gasteiger partial charge in [-0.1, -0.05) is 19.1 Å². The van der Waals surface area contributed by atoms with Gasteiger partial charge >= 0.3 is 0 Å². The Labute approximate surface area is 183 Å². The quantitative estimate of drug-likeness (QED) is 0.522. The van der Waals surface area contributed by atoms with Crippen LogP contribution < -0.4 is 20.3 Å². The number of carbonyl (C=O) groups excluding carboxylic acids is 1. The third-order valence-electron chi connectivity index (χ3n) is 5.30. The predicted molar refractivity (Wildman–Crippen MR) is 120 cm³/mol. The number of aromatic nitrogens is 3. The van der Waals surface area contributed by atoms with Crippen LogP contribution in [-0.4, -0.2) is 27.2 Å². The van der Waals surface area contributed by atoms with Gasteiger partial charge in [0.25, 0.3) is 5.56 Å². The maximum atomic E-state index is 13.2. The van der Waals surface area contributed by atoms with Crippen LogP contribution in [0.25, 0.3) is 22.0 Å². The van der Waals surface area contributed by atoms with Crippen LogP contribution in [0.15, 0.2) is 65.8 Å². The lowest BCUT2D eigenvalue weighted by Crippen LogP contribution is -2.21. The minimum absolute atomic E-state index is 0.0926. The van der Waals surface area contributed by atoms with Gasteiger partial charge in [-0.3, -0.25) is 14.2 Å². The Morgan fingerprint density at radius 2 is 1.88 bits per heavy atom. The van der Waals surface area contributed by atoms with Gasteiger partial charge in [-0.25, -0.2) is 9.97 Å². The average Bonchev–Trinajstić information content (AvgIpc) is 3.29. The second-order valence-corrected chi connectivity index (χ2v) is 7.43. The van der Waals surface area contributed by atoms with Crippen LogP contribution in [0, 0.1) is 0 Å². The minimum atomic E-state index is -0.130. The second kappa shape index (κ2) is 8.14. The minimum Gasteiger partial charge on any atom is -0.454 e. The number of pyridine rings is 1. The summed E-state index contributed by atoms with van der Waals surface area (Å²) in [4.78, 5) is 33.4. The number of rotatable bonds is 5. The van der Waals surface area contributed by atoms with Gasteiger partial charge in [0, 0.05) is 18.2 Å². The molecule has 0 saturated carbocycles. The predicted octanol–water partition coefficient (Wildman–Crippen LogP) is 3.58. The first-order valence-corrected chi connectivity index (χ1v) is 10.2. The standard InChI is InChI=1S/C24H20N4O4/c1-2-23(29)27-22-8-5-17(11-25-22)16-4-6-19-18(10-16)24(30)28(13-26-19)12-15-3-7-20-21(9-15)32-14-31-20/h3-11,13H,2,12,14H2,1H3,(H,25,27,29). The smallest absolute Gasteiger partial charge is 0.261 e. The molecule has 1 aliphatic heterocycles. The molecule has 3 heterocycles. The lowest BCUT2D eigenvalue weighted by Gasteiger charge is -2.09. The van der Waals surface area contributed by atoms with Crippen LogP contribution >= 0.6 is 0 Å².